The van der Waals surface area contributed by atoms with Crippen molar-refractivity contribution < 1.29 is 23.8 Å². The van der Waals surface area contributed by atoms with Crippen LogP contribution in [-0.4, -0.2) is 32.6 Å². The Hall–Kier alpha value is -3.22. The van der Waals surface area contributed by atoms with E-state index in [1.165, 1.54) is 14.2 Å². The van der Waals surface area contributed by atoms with Crippen LogP contribution in [0, 0.1) is 0 Å². The predicted octanol–water partition coefficient (Wildman–Crippen LogP) is 2.29. The van der Waals surface area contributed by atoms with Gasteiger partial charge in [0.25, 0.3) is 11.8 Å². The standard InChI is InChI=1S/C17H16N2O5/c1-22-12-5-10(6-13(8-12)23-2)17(21)18-11-3-4-14-15(7-11)24-9-16(20)19-14/h3-8H,9H2,1-2H3,(H,18,21)(H,19,20). The lowest BCUT2D eigenvalue weighted by molar-refractivity contribution is -0.118. The van der Waals surface area contributed by atoms with Crippen LogP contribution >= 0.6 is 0 Å². The van der Waals surface area contributed by atoms with Gasteiger partial charge in [0.15, 0.2) is 6.61 Å². The number of fused-ring (bicyclic) bond motifs is 1. The van der Waals surface area contributed by atoms with Crippen LogP contribution in [0.5, 0.6) is 17.2 Å². The Balaban J connectivity index is 1.81. The summed E-state index contributed by atoms with van der Waals surface area (Å²) in [4.78, 5) is 23.7. The molecule has 0 atom stereocenters. The van der Waals surface area contributed by atoms with Crippen LogP contribution in [0.3, 0.4) is 0 Å². The zero-order chi connectivity index (χ0) is 17.1. The molecule has 0 aliphatic carbocycles. The first-order valence-electron chi connectivity index (χ1n) is 7.20. The molecule has 7 heteroatoms. The van der Waals surface area contributed by atoms with Gasteiger partial charge < -0.3 is 24.8 Å². The van der Waals surface area contributed by atoms with Gasteiger partial charge in [0.2, 0.25) is 0 Å². The summed E-state index contributed by atoms with van der Waals surface area (Å²) in [6, 6.07) is 9.94. The van der Waals surface area contributed by atoms with E-state index in [9.17, 15) is 9.59 Å². The Bertz CT molecular complexity index is 781. The van der Waals surface area contributed by atoms with Gasteiger partial charge in [-0.2, -0.15) is 0 Å². The average molecular weight is 328 g/mol. The zero-order valence-corrected chi connectivity index (χ0v) is 13.2. The van der Waals surface area contributed by atoms with E-state index in [-0.39, 0.29) is 18.4 Å². The maximum absolute atomic E-state index is 12.4. The first-order valence-corrected chi connectivity index (χ1v) is 7.20. The molecular weight excluding hydrogens is 312 g/mol. The highest BCUT2D eigenvalue weighted by molar-refractivity contribution is 6.05. The number of amides is 2. The fourth-order valence-electron chi connectivity index (χ4n) is 2.29. The molecule has 0 fully saturated rings. The van der Waals surface area contributed by atoms with E-state index >= 15 is 0 Å². The number of ether oxygens (including phenoxy) is 3. The third-order valence-corrected chi connectivity index (χ3v) is 3.49. The van der Waals surface area contributed by atoms with Gasteiger partial charge >= 0.3 is 0 Å². The third-order valence-electron chi connectivity index (χ3n) is 3.49. The highest BCUT2D eigenvalue weighted by Gasteiger charge is 2.17. The number of anilines is 2. The van der Waals surface area contributed by atoms with Crippen molar-refractivity contribution in [1.82, 2.24) is 0 Å². The number of hydrogen-bond acceptors (Lipinski definition) is 5. The first kappa shape index (κ1) is 15.7. The molecule has 2 amide bonds. The largest absolute Gasteiger partial charge is 0.497 e. The summed E-state index contributed by atoms with van der Waals surface area (Å²) in [5.41, 5.74) is 1.53. The van der Waals surface area contributed by atoms with Gasteiger partial charge in [0.1, 0.15) is 17.2 Å². The fraction of sp³-hybridized carbons (Fsp3) is 0.176. The lowest BCUT2D eigenvalue weighted by atomic mass is 10.1. The molecule has 1 aliphatic rings. The Kier molecular flexibility index (Phi) is 4.24. The average Bonchev–Trinajstić information content (AvgIpc) is 2.61. The molecule has 3 rings (SSSR count). The molecule has 2 aromatic rings. The number of hydrogen-bond donors (Lipinski definition) is 2. The van der Waals surface area contributed by atoms with Crippen LogP contribution in [0.15, 0.2) is 36.4 Å². The molecule has 0 bridgehead atoms. The minimum absolute atomic E-state index is 0.0442. The zero-order valence-electron chi connectivity index (χ0n) is 13.2. The normalized spacial score (nSPS) is 12.5. The summed E-state index contributed by atoms with van der Waals surface area (Å²) >= 11 is 0. The SMILES string of the molecule is COc1cc(OC)cc(C(=O)Nc2ccc3c(c2)OCC(=O)N3)c1. The molecule has 0 saturated carbocycles. The lowest BCUT2D eigenvalue weighted by Gasteiger charge is -2.18. The molecule has 2 aromatic carbocycles. The van der Waals surface area contributed by atoms with Crippen LogP contribution < -0.4 is 24.8 Å². The molecule has 1 aliphatic heterocycles. The van der Waals surface area contributed by atoms with Crippen LogP contribution in [-0.2, 0) is 4.79 Å². The minimum Gasteiger partial charge on any atom is -0.497 e. The summed E-state index contributed by atoms with van der Waals surface area (Å²) in [6.07, 6.45) is 0. The maximum Gasteiger partial charge on any atom is 0.262 e. The molecule has 1 heterocycles. The van der Waals surface area contributed by atoms with E-state index in [0.717, 1.165) is 0 Å². The number of carbonyl (C=O) groups excluding carboxylic acids is 2. The van der Waals surface area contributed by atoms with Crippen molar-refractivity contribution >= 4 is 23.2 Å². The molecule has 0 unspecified atom stereocenters. The summed E-state index contributed by atoms with van der Waals surface area (Å²) < 4.78 is 15.7. The van der Waals surface area contributed by atoms with Gasteiger partial charge in [-0.15, -0.1) is 0 Å². The van der Waals surface area contributed by atoms with Gasteiger partial charge in [-0.3, -0.25) is 9.59 Å². The quantitative estimate of drug-likeness (QED) is 0.899. The van der Waals surface area contributed by atoms with E-state index in [0.29, 0.717) is 34.2 Å². The minimum atomic E-state index is -0.313. The number of methoxy groups -OCH3 is 2. The van der Waals surface area contributed by atoms with Crippen LogP contribution in [0.2, 0.25) is 0 Å². The second-order valence-corrected chi connectivity index (χ2v) is 5.10. The number of rotatable bonds is 4. The smallest absolute Gasteiger partial charge is 0.262 e. The molecule has 0 aromatic heterocycles. The van der Waals surface area contributed by atoms with Gasteiger partial charge in [-0.25, -0.2) is 0 Å². The second-order valence-electron chi connectivity index (χ2n) is 5.10. The highest BCUT2D eigenvalue weighted by Crippen LogP contribution is 2.31. The predicted molar refractivity (Wildman–Crippen MR) is 88.1 cm³/mol. The molecular formula is C17H16N2O5. The summed E-state index contributed by atoms with van der Waals surface area (Å²) in [7, 11) is 3.04. The van der Waals surface area contributed by atoms with Crippen LogP contribution in [0.25, 0.3) is 0 Å². The molecule has 0 spiro atoms. The number of benzene rings is 2. The molecule has 7 nitrogen and oxygen atoms in total. The topological polar surface area (TPSA) is 85.9 Å². The Morgan fingerprint density at radius 1 is 1.12 bits per heavy atom. The van der Waals surface area contributed by atoms with E-state index in [2.05, 4.69) is 10.6 Å². The molecule has 124 valence electrons. The van der Waals surface area contributed by atoms with Crippen molar-refractivity contribution in [3.05, 3.63) is 42.0 Å². The molecule has 0 radical (unpaired) electrons. The Labute approximate surface area is 138 Å². The summed E-state index contributed by atoms with van der Waals surface area (Å²) in [5.74, 6) is 1.04. The summed E-state index contributed by atoms with van der Waals surface area (Å²) in [6.45, 7) is -0.0442. The van der Waals surface area contributed by atoms with Gasteiger partial charge in [-0.05, 0) is 24.3 Å². The fourth-order valence-corrected chi connectivity index (χ4v) is 2.29. The molecule has 0 saturated heterocycles. The Morgan fingerprint density at radius 3 is 2.50 bits per heavy atom. The van der Waals surface area contributed by atoms with Crippen LogP contribution in [0.4, 0.5) is 11.4 Å². The number of carbonyl (C=O) groups is 2. The summed E-state index contributed by atoms with van der Waals surface area (Å²) in [5, 5.41) is 5.47. The van der Waals surface area contributed by atoms with Crippen molar-refractivity contribution in [2.75, 3.05) is 31.5 Å². The second kappa shape index (κ2) is 6.49. The van der Waals surface area contributed by atoms with E-state index in [1.54, 1.807) is 36.4 Å². The van der Waals surface area contributed by atoms with E-state index < -0.39 is 0 Å². The monoisotopic (exact) mass is 328 g/mol. The van der Waals surface area contributed by atoms with Crippen molar-refractivity contribution in [3.8, 4) is 17.2 Å². The van der Waals surface area contributed by atoms with Crippen molar-refractivity contribution in [2.24, 2.45) is 0 Å². The first-order chi connectivity index (χ1) is 11.6. The van der Waals surface area contributed by atoms with Crippen molar-refractivity contribution in [2.45, 2.75) is 0 Å². The van der Waals surface area contributed by atoms with Crippen molar-refractivity contribution in [3.63, 3.8) is 0 Å². The van der Waals surface area contributed by atoms with Crippen LogP contribution in [0.1, 0.15) is 10.4 Å². The molecule has 2 N–H and O–H groups in total. The van der Waals surface area contributed by atoms with Gasteiger partial charge in [-0.1, -0.05) is 0 Å². The van der Waals surface area contributed by atoms with E-state index in [4.69, 9.17) is 14.2 Å². The lowest BCUT2D eigenvalue weighted by Crippen LogP contribution is -2.25. The molecule has 24 heavy (non-hydrogen) atoms. The maximum atomic E-state index is 12.4. The highest BCUT2D eigenvalue weighted by atomic mass is 16.5. The van der Waals surface area contributed by atoms with Gasteiger partial charge in [0, 0.05) is 23.4 Å². The van der Waals surface area contributed by atoms with Crippen molar-refractivity contribution in [1.29, 1.82) is 0 Å². The number of nitrogens with one attached hydrogen (secondary N) is 2. The Morgan fingerprint density at radius 2 is 1.83 bits per heavy atom. The van der Waals surface area contributed by atoms with E-state index in [1.807, 2.05) is 0 Å². The van der Waals surface area contributed by atoms with Gasteiger partial charge in [0.05, 0.1) is 19.9 Å². The third kappa shape index (κ3) is 3.24.